The normalized spacial score (nSPS) is 13.2. The Kier molecular flexibility index (Phi) is 9.94. The lowest BCUT2D eigenvalue weighted by molar-refractivity contribution is 0.492. The summed E-state index contributed by atoms with van der Waals surface area (Å²) in [6, 6.07) is 0. The van der Waals surface area contributed by atoms with E-state index in [4.69, 9.17) is 5.73 Å². The molecular weight excluding hydrogens is 160 g/mol. The van der Waals surface area contributed by atoms with E-state index in [0.29, 0.717) is 0 Å². The molecule has 80 valence electrons. The minimum absolute atomic E-state index is 0.204. The van der Waals surface area contributed by atoms with Crippen molar-refractivity contribution in [3.63, 3.8) is 0 Å². The zero-order valence-corrected chi connectivity index (χ0v) is 9.31. The van der Waals surface area contributed by atoms with E-state index < -0.39 is 0 Å². The lowest BCUT2D eigenvalue weighted by Gasteiger charge is -2.08. The molecule has 13 heavy (non-hydrogen) atoms. The molecule has 0 aliphatic heterocycles. The van der Waals surface area contributed by atoms with Crippen LogP contribution in [-0.4, -0.2) is 13.2 Å². The topological polar surface area (TPSA) is 38.0 Å². The van der Waals surface area contributed by atoms with Crippen molar-refractivity contribution in [2.24, 2.45) is 5.73 Å². The van der Waals surface area contributed by atoms with Gasteiger partial charge in [0, 0.05) is 0 Å². The number of hydrogen-bond donors (Lipinski definition) is 2. The van der Waals surface area contributed by atoms with E-state index in [9.17, 15) is 0 Å². The van der Waals surface area contributed by atoms with Crippen LogP contribution in [0.25, 0.3) is 0 Å². The van der Waals surface area contributed by atoms with Crippen LogP contribution in [0.3, 0.4) is 0 Å². The van der Waals surface area contributed by atoms with Gasteiger partial charge in [0.05, 0.1) is 6.17 Å². The Labute approximate surface area is 83.3 Å². The molecule has 2 nitrogen and oxygen atoms in total. The van der Waals surface area contributed by atoms with Crippen LogP contribution in [0.4, 0.5) is 0 Å². The van der Waals surface area contributed by atoms with Crippen molar-refractivity contribution in [3.8, 4) is 0 Å². The van der Waals surface area contributed by atoms with Gasteiger partial charge in [-0.2, -0.15) is 0 Å². The van der Waals surface area contributed by atoms with Gasteiger partial charge in [-0.25, -0.2) is 0 Å². The van der Waals surface area contributed by atoms with Crippen LogP contribution >= 0.6 is 0 Å². The highest BCUT2D eigenvalue weighted by Gasteiger charge is 1.97. The smallest absolute Gasteiger partial charge is 0.0543 e. The van der Waals surface area contributed by atoms with E-state index in [-0.39, 0.29) is 6.17 Å². The van der Waals surface area contributed by atoms with Crippen molar-refractivity contribution in [2.75, 3.05) is 7.05 Å². The van der Waals surface area contributed by atoms with Gasteiger partial charge in [0.1, 0.15) is 0 Å². The van der Waals surface area contributed by atoms with Crippen molar-refractivity contribution in [2.45, 2.75) is 64.5 Å². The first kappa shape index (κ1) is 12.9. The Bertz CT molecular complexity index is 94.1. The summed E-state index contributed by atoms with van der Waals surface area (Å²) in [5, 5.41) is 3.05. The molecule has 0 aliphatic rings. The second-order valence-electron chi connectivity index (χ2n) is 3.81. The number of rotatable bonds is 9. The van der Waals surface area contributed by atoms with Gasteiger partial charge >= 0.3 is 0 Å². The molecule has 0 aromatic rings. The summed E-state index contributed by atoms with van der Waals surface area (Å²) in [6.45, 7) is 2.26. The third kappa shape index (κ3) is 9.84. The zero-order chi connectivity index (χ0) is 9.94. The summed E-state index contributed by atoms with van der Waals surface area (Å²) in [5.41, 5.74) is 5.72. The monoisotopic (exact) mass is 186 g/mol. The van der Waals surface area contributed by atoms with Crippen LogP contribution < -0.4 is 11.1 Å². The van der Waals surface area contributed by atoms with E-state index in [2.05, 4.69) is 12.2 Å². The van der Waals surface area contributed by atoms with Crippen molar-refractivity contribution >= 4 is 0 Å². The van der Waals surface area contributed by atoms with Crippen LogP contribution in [-0.2, 0) is 0 Å². The molecule has 0 aliphatic carbocycles. The SMILES string of the molecule is CCCCCCCCCC(N)NC. The average molecular weight is 186 g/mol. The Morgan fingerprint density at radius 1 is 1.00 bits per heavy atom. The summed E-state index contributed by atoms with van der Waals surface area (Å²) >= 11 is 0. The van der Waals surface area contributed by atoms with Crippen LogP contribution in [0.1, 0.15) is 58.3 Å². The fourth-order valence-corrected chi connectivity index (χ4v) is 1.47. The largest absolute Gasteiger partial charge is 0.316 e. The van der Waals surface area contributed by atoms with Gasteiger partial charge in [-0.05, 0) is 13.5 Å². The van der Waals surface area contributed by atoms with Crippen LogP contribution in [0, 0.1) is 0 Å². The Balaban J connectivity index is 2.91. The summed E-state index contributed by atoms with van der Waals surface area (Å²) in [4.78, 5) is 0. The molecule has 0 heterocycles. The van der Waals surface area contributed by atoms with Gasteiger partial charge in [0.15, 0.2) is 0 Å². The number of nitrogens with two attached hydrogens (primary N) is 1. The fraction of sp³-hybridized carbons (Fsp3) is 1.00. The molecule has 0 radical (unpaired) electrons. The molecule has 0 amide bonds. The number of hydrogen-bond acceptors (Lipinski definition) is 2. The lowest BCUT2D eigenvalue weighted by Crippen LogP contribution is -2.33. The van der Waals surface area contributed by atoms with Crippen molar-refractivity contribution in [1.82, 2.24) is 5.32 Å². The van der Waals surface area contributed by atoms with E-state index in [1.807, 2.05) is 7.05 Å². The third-order valence-corrected chi connectivity index (χ3v) is 2.49. The maximum Gasteiger partial charge on any atom is 0.0543 e. The molecule has 1 unspecified atom stereocenters. The Morgan fingerprint density at radius 3 is 2.08 bits per heavy atom. The number of nitrogens with one attached hydrogen (secondary N) is 1. The van der Waals surface area contributed by atoms with E-state index in [1.54, 1.807) is 0 Å². The minimum Gasteiger partial charge on any atom is -0.316 e. The lowest BCUT2D eigenvalue weighted by atomic mass is 10.1. The average Bonchev–Trinajstić information content (AvgIpc) is 2.16. The molecule has 0 aromatic heterocycles. The van der Waals surface area contributed by atoms with Gasteiger partial charge < -0.3 is 11.1 Å². The number of unbranched alkanes of at least 4 members (excludes halogenated alkanes) is 6. The summed E-state index contributed by atoms with van der Waals surface area (Å²) in [5.74, 6) is 0. The molecule has 0 spiro atoms. The molecule has 0 fully saturated rings. The highest BCUT2D eigenvalue weighted by Crippen LogP contribution is 2.08. The minimum atomic E-state index is 0.204. The Morgan fingerprint density at radius 2 is 1.54 bits per heavy atom. The fourth-order valence-electron chi connectivity index (χ4n) is 1.47. The molecule has 0 rings (SSSR count). The predicted molar refractivity (Wildman–Crippen MR) is 59.6 cm³/mol. The van der Waals surface area contributed by atoms with Crippen LogP contribution in [0.15, 0.2) is 0 Å². The molecule has 0 bridgehead atoms. The van der Waals surface area contributed by atoms with Gasteiger partial charge in [-0.1, -0.05) is 51.9 Å². The maximum absolute atomic E-state index is 5.72. The Hall–Kier alpha value is -0.0800. The molecule has 3 N–H and O–H groups in total. The van der Waals surface area contributed by atoms with Gasteiger partial charge in [0.2, 0.25) is 0 Å². The van der Waals surface area contributed by atoms with Crippen molar-refractivity contribution < 1.29 is 0 Å². The molecule has 0 saturated carbocycles. The molecule has 0 aromatic carbocycles. The predicted octanol–water partition coefficient (Wildman–Crippen LogP) is 2.63. The molecular formula is C11H26N2. The quantitative estimate of drug-likeness (QED) is 0.429. The molecule has 2 heteroatoms. The van der Waals surface area contributed by atoms with Gasteiger partial charge in [0.25, 0.3) is 0 Å². The van der Waals surface area contributed by atoms with E-state index in [0.717, 1.165) is 6.42 Å². The molecule has 0 saturated heterocycles. The third-order valence-electron chi connectivity index (χ3n) is 2.49. The second kappa shape index (κ2) is 10.0. The van der Waals surface area contributed by atoms with Crippen molar-refractivity contribution in [3.05, 3.63) is 0 Å². The van der Waals surface area contributed by atoms with Crippen LogP contribution in [0.5, 0.6) is 0 Å². The first-order valence-electron chi connectivity index (χ1n) is 5.74. The zero-order valence-electron chi connectivity index (χ0n) is 9.31. The van der Waals surface area contributed by atoms with Crippen LogP contribution in [0.2, 0.25) is 0 Å². The maximum atomic E-state index is 5.72. The summed E-state index contributed by atoms with van der Waals surface area (Å²) in [7, 11) is 1.92. The standard InChI is InChI=1S/C11H26N2/c1-3-4-5-6-7-8-9-10-11(12)13-2/h11,13H,3-10,12H2,1-2H3. The van der Waals surface area contributed by atoms with Crippen molar-refractivity contribution in [1.29, 1.82) is 0 Å². The second-order valence-corrected chi connectivity index (χ2v) is 3.81. The van der Waals surface area contributed by atoms with E-state index in [1.165, 1.54) is 44.9 Å². The first-order valence-corrected chi connectivity index (χ1v) is 5.74. The highest BCUT2D eigenvalue weighted by molar-refractivity contribution is 4.55. The van der Waals surface area contributed by atoms with Gasteiger partial charge in [-0.15, -0.1) is 0 Å². The molecule has 1 atom stereocenters. The summed E-state index contributed by atoms with van der Waals surface area (Å²) < 4.78 is 0. The van der Waals surface area contributed by atoms with Gasteiger partial charge in [-0.3, -0.25) is 0 Å². The van der Waals surface area contributed by atoms with E-state index >= 15 is 0 Å². The first-order chi connectivity index (χ1) is 6.31. The highest BCUT2D eigenvalue weighted by atomic mass is 15.0. The summed E-state index contributed by atoms with van der Waals surface area (Å²) in [6.07, 6.45) is 10.9.